The molecule has 0 aliphatic heterocycles. The number of aromatic carboxylic acids is 1. The van der Waals surface area contributed by atoms with Gasteiger partial charge < -0.3 is 19.9 Å². The molecule has 0 radical (unpaired) electrons. The number of carbonyl (C=O) groups is 1. The molecule has 0 spiro atoms. The maximum atomic E-state index is 11.0. The van der Waals surface area contributed by atoms with Gasteiger partial charge in [0.15, 0.2) is 11.5 Å². The molecule has 2 rings (SSSR count). The summed E-state index contributed by atoms with van der Waals surface area (Å²) in [5.41, 5.74) is 3.08. The Hall–Kier alpha value is -2.21. The van der Waals surface area contributed by atoms with Crippen LogP contribution >= 0.6 is 15.9 Å². The average molecular weight is 394 g/mol. The van der Waals surface area contributed by atoms with Gasteiger partial charge in [-0.05, 0) is 71.2 Å². The maximum Gasteiger partial charge on any atom is 0.335 e. The van der Waals surface area contributed by atoms with E-state index in [1.807, 2.05) is 26.0 Å². The Morgan fingerprint density at radius 1 is 1.29 bits per heavy atom. The van der Waals surface area contributed by atoms with E-state index in [0.29, 0.717) is 24.7 Å². The van der Waals surface area contributed by atoms with Gasteiger partial charge in [0, 0.05) is 12.2 Å². The molecule has 0 unspecified atom stereocenters. The normalized spacial score (nSPS) is 10.3. The quantitative estimate of drug-likeness (QED) is 0.725. The number of carboxylic acid groups (broad SMARTS) is 1. The van der Waals surface area contributed by atoms with Crippen molar-refractivity contribution in [1.29, 1.82) is 0 Å². The van der Waals surface area contributed by atoms with Crippen LogP contribution in [0.15, 0.2) is 34.8 Å². The van der Waals surface area contributed by atoms with Crippen molar-refractivity contribution in [1.82, 2.24) is 0 Å². The fourth-order valence-corrected chi connectivity index (χ4v) is 3.03. The molecule has 2 N–H and O–H groups in total. The first-order chi connectivity index (χ1) is 11.5. The number of benzene rings is 2. The van der Waals surface area contributed by atoms with Gasteiger partial charge in [-0.3, -0.25) is 0 Å². The van der Waals surface area contributed by atoms with Gasteiger partial charge in [0.2, 0.25) is 0 Å². The Kier molecular flexibility index (Phi) is 6.09. The lowest BCUT2D eigenvalue weighted by Crippen LogP contribution is -2.04. The number of halogens is 1. The average Bonchev–Trinajstić information content (AvgIpc) is 2.53. The molecule has 0 amide bonds. The van der Waals surface area contributed by atoms with Crippen LogP contribution in [0.2, 0.25) is 0 Å². The van der Waals surface area contributed by atoms with Crippen LogP contribution in [0.1, 0.15) is 28.4 Å². The Balaban J connectivity index is 2.18. The zero-order chi connectivity index (χ0) is 17.7. The van der Waals surface area contributed by atoms with Gasteiger partial charge >= 0.3 is 5.97 Å². The second kappa shape index (κ2) is 8.06. The smallest absolute Gasteiger partial charge is 0.335 e. The zero-order valence-corrected chi connectivity index (χ0v) is 15.4. The predicted octanol–water partition coefficient (Wildman–Crippen LogP) is 4.48. The highest BCUT2D eigenvalue weighted by atomic mass is 79.9. The van der Waals surface area contributed by atoms with E-state index < -0.39 is 5.97 Å². The van der Waals surface area contributed by atoms with Crippen LogP contribution in [0.4, 0.5) is 5.69 Å². The summed E-state index contributed by atoms with van der Waals surface area (Å²) in [6.45, 7) is 4.93. The van der Waals surface area contributed by atoms with Gasteiger partial charge in [-0.2, -0.15) is 0 Å². The Morgan fingerprint density at radius 2 is 2.04 bits per heavy atom. The van der Waals surface area contributed by atoms with Gasteiger partial charge in [-0.15, -0.1) is 0 Å². The van der Waals surface area contributed by atoms with E-state index >= 15 is 0 Å². The first-order valence-electron chi connectivity index (χ1n) is 7.53. The van der Waals surface area contributed by atoms with Crippen molar-refractivity contribution in [3.05, 3.63) is 51.5 Å². The van der Waals surface area contributed by atoms with Gasteiger partial charge in [0.05, 0.1) is 23.8 Å². The molecule has 6 heteroatoms. The number of aryl methyl sites for hydroxylation is 1. The minimum absolute atomic E-state index is 0.281. The number of carboxylic acids is 1. The summed E-state index contributed by atoms with van der Waals surface area (Å²) in [5.74, 6) is 0.428. The Morgan fingerprint density at radius 3 is 2.62 bits per heavy atom. The van der Waals surface area contributed by atoms with Crippen molar-refractivity contribution in [2.24, 2.45) is 0 Å². The van der Waals surface area contributed by atoms with E-state index in [-0.39, 0.29) is 5.56 Å². The fraction of sp³-hybridized carbons (Fsp3) is 0.278. The van der Waals surface area contributed by atoms with Crippen LogP contribution < -0.4 is 14.8 Å². The summed E-state index contributed by atoms with van der Waals surface area (Å²) in [6, 6.07) is 8.92. The van der Waals surface area contributed by atoms with E-state index in [9.17, 15) is 4.79 Å². The number of nitrogens with one attached hydrogen (secondary N) is 1. The summed E-state index contributed by atoms with van der Waals surface area (Å²) < 4.78 is 11.8. The van der Waals surface area contributed by atoms with Crippen molar-refractivity contribution >= 4 is 27.6 Å². The maximum absolute atomic E-state index is 11.0. The molecule has 0 aliphatic rings. The lowest BCUT2D eigenvalue weighted by atomic mass is 10.1. The molecule has 0 heterocycles. The number of anilines is 1. The van der Waals surface area contributed by atoms with E-state index in [2.05, 4.69) is 21.2 Å². The standard InChI is InChI=1S/C18H20BrNO4/c1-4-24-16-9-12(8-14(19)17(16)23-3)10-20-15-6-5-13(18(21)22)7-11(15)2/h5-9,20H,4,10H2,1-3H3,(H,21,22). The topological polar surface area (TPSA) is 67.8 Å². The number of rotatable bonds is 7. The molecule has 2 aromatic carbocycles. The molecule has 0 bridgehead atoms. The molecular formula is C18H20BrNO4. The third-order valence-electron chi connectivity index (χ3n) is 3.53. The number of hydrogen-bond acceptors (Lipinski definition) is 4. The van der Waals surface area contributed by atoms with Crippen LogP contribution in [0.3, 0.4) is 0 Å². The van der Waals surface area contributed by atoms with Gasteiger partial charge in [0.25, 0.3) is 0 Å². The lowest BCUT2D eigenvalue weighted by molar-refractivity contribution is 0.0697. The minimum atomic E-state index is -0.926. The van der Waals surface area contributed by atoms with Crippen LogP contribution in [0.25, 0.3) is 0 Å². The van der Waals surface area contributed by atoms with Crippen molar-refractivity contribution in [3.63, 3.8) is 0 Å². The number of methoxy groups -OCH3 is 1. The molecular weight excluding hydrogens is 374 g/mol. The molecule has 128 valence electrons. The predicted molar refractivity (Wildman–Crippen MR) is 97.3 cm³/mol. The van der Waals surface area contributed by atoms with E-state index in [1.54, 1.807) is 25.3 Å². The molecule has 0 aliphatic carbocycles. The lowest BCUT2D eigenvalue weighted by Gasteiger charge is -2.15. The molecule has 2 aromatic rings. The van der Waals surface area contributed by atoms with Crippen LogP contribution in [0.5, 0.6) is 11.5 Å². The Bertz CT molecular complexity index is 746. The summed E-state index contributed by atoms with van der Waals surface area (Å²) >= 11 is 3.50. The highest BCUT2D eigenvalue weighted by molar-refractivity contribution is 9.10. The van der Waals surface area contributed by atoms with Crippen LogP contribution in [-0.2, 0) is 6.54 Å². The monoisotopic (exact) mass is 393 g/mol. The van der Waals surface area contributed by atoms with Crippen molar-refractivity contribution < 1.29 is 19.4 Å². The SMILES string of the molecule is CCOc1cc(CNc2ccc(C(=O)O)cc2C)cc(Br)c1OC. The summed E-state index contributed by atoms with van der Waals surface area (Å²) in [4.78, 5) is 11.0. The summed E-state index contributed by atoms with van der Waals surface area (Å²) in [7, 11) is 1.61. The second-order valence-corrected chi connectivity index (χ2v) is 6.08. The van der Waals surface area contributed by atoms with E-state index in [4.69, 9.17) is 14.6 Å². The highest BCUT2D eigenvalue weighted by Crippen LogP contribution is 2.36. The third-order valence-corrected chi connectivity index (χ3v) is 4.12. The van der Waals surface area contributed by atoms with Crippen LogP contribution in [0, 0.1) is 6.92 Å². The molecule has 0 atom stereocenters. The van der Waals surface area contributed by atoms with E-state index in [0.717, 1.165) is 21.3 Å². The minimum Gasteiger partial charge on any atom is -0.492 e. The van der Waals surface area contributed by atoms with Crippen molar-refractivity contribution in [2.75, 3.05) is 19.0 Å². The van der Waals surface area contributed by atoms with Crippen molar-refractivity contribution in [3.8, 4) is 11.5 Å². The van der Waals surface area contributed by atoms with Gasteiger partial charge in [-0.1, -0.05) is 0 Å². The largest absolute Gasteiger partial charge is 0.492 e. The second-order valence-electron chi connectivity index (χ2n) is 5.23. The first-order valence-corrected chi connectivity index (χ1v) is 8.32. The number of hydrogen-bond donors (Lipinski definition) is 2. The first kappa shape index (κ1) is 18.1. The van der Waals surface area contributed by atoms with E-state index in [1.165, 1.54) is 0 Å². The van der Waals surface area contributed by atoms with Gasteiger partial charge in [0.1, 0.15) is 0 Å². The molecule has 5 nitrogen and oxygen atoms in total. The summed E-state index contributed by atoms with van der Waals surface area (Å²) in [6.07, 6.45) is 0. The van der Waals surface area contributed by atoms with Crippen LogP contribution in [-0.4, -0.2) is 24.8 Å². The van der Waals surface area contributed by atoms with Crippen molar-refractivity contribution in [2.45, 2.75) is 20.4 Å². The highest BCUT2D eigenvalue weighted by Gasteiger charge is 2.11. The van der Waals surface area contributed by atoms with Gasteiger partial charge in [-0.25, -0.2) is 4.79 Å². The fourth-order valence-electron chi connectivity index (χ4n) is 2.38. The molecule has 0 saturated carbocycles. The Labute approximate surface area is 149 Å². The third kappa shape index (κ3) is 4.20. The molecule has 0 saturated heterocycles. The summed E-state index contributed by atoms with van der Waals surface area (Å²) in [5, 5.41) is 12.3. The zero-order valence-electron chi connectivity index (χ0n) is 13.9. The molecule has 24 heavy (non-hydrogen) atoms. The molecule has 0 fully saturated rings. The molecule has 0 aromatic heterocycles. The number of ether oxygens (including phenoxy) is 2.